The smallest absolute Gasteiger partial charge is 0.336 e. The van der Waals surface area contributed by atoms with Crippen LogP contribution in [0.4, 0.5) is 0 Å². The summed E-state index contributed by atoms with van der Waals surface area (Å²) in [6, 6.07) is 10.9. The first-order chi connectivity index (χ1) is 17.2. The number of benzene rings is 1. The number of carboxylic acids is 2. The second kappa shape index (κ2) is 12.6. The molecule has 0 fully saturated rings. The van der Waals surface area contributed by atoms with Crippen LogP contribution in [0.5, 0.6) is 11.5 Å². The third-order valence-electron chi connectivity index (χ3n) is 4.97. The van der Waals surface area contributed by atoms with Crippen LogP contribution in [0.3, 0.4) is 0 Å². The van der Waals surface area contributed by atoms with E-state index in [1.165, 1.54) is 25.4 Å². The fourth-order valence-electron chi connectivity index (χ4n) is 3.42. The summed E-state index contributed by atoms with van der Waals surface area (Å²) >= 11 is 3.44. The van der Waals surface area contributed by atoms with Gasteiger partial charge in [0.1, 0.15) is 5.75 Å². The summed E-state index contributed by atoms with van der Waals surface area (Å²) in [6.07, 6.45) is 6.54. The zero-order valence-corrected chi connectivity index (χ0v) is 20.9. The molecule has 2 aromatic heterocycles. The van der Waals surface area contributed by atoms with Gasteiger partial charge in [-0.3, -0.25) is 14.8 Å². The molecule has 2 heterocycles. The van der Waals surface area contributed by atoms with Crippen LogP contribution in [0.25, 0.3) is 5.57 Å². The number of aromatic nitrogens is 2. The minimum Gasteiger partial charge on any atom is -0.492 e. The average Bonchev–Trinajstić information content (AvgIpc) is 2.81. The van der Waals surface area contributed by atoms with Gasteiger partial charge in [-0.1, -0.05) is 28.1 Å². The number of rotatable bonds is 11. The second-order valence-electron chi connectivity index (χ2n) is 7.71. The highest BCUT2D eigenvalue weighted by Crippen LogP contribution is 2.27. The van der Waals surface area contributed by atoms with Gasteiger partial charge in [-0.15, -0.1) is 0 Å². The van der Waals surface area contributed by atoms with Crippen LogP contribution in [0.15, 0.2) is 65.5 Å². The average molecular weight is 555 g/mol. The first-order valence-corrected chi connectivity index (χ1v) is 11.7. The van der Waals surface area contributed by atoms with Gasteiger partial charge in [-0.25, -0.2) is 9.59 Å². The van der Waals surface area contributed by atoms with E-state index in [1.54, 1.807) is 12.3 Å². The van der Waals surface area contributed by atoms with Crippen molar-refractivity contribution in [2.24, 2.45) is 0 Å². The van der Waals surface area contributed by atoms with Crippen LogP contribution in [-0.4, -0.2) is 44.7 Å². The van der Waals surface area contributed by atoms with Crippen molar-refractivity contribution in [3.8, 4) is 11.5 Å². The first kappa shape index (κ1) is 26.6. The molecule has 1 aromatic carbocycles. The van der Waals surface area contributed by atoms with Crippen LogP contribution in [0, 0.1) is 0 Å². The highest BCUT2D eigenvalue weighted by molar-refractivity contribution is 9.10. The van der Waals surface area contributed by atoms with E-state index in [9.17, 15) is 19.5 Å². The van der Waals surface area contributed by atoms with Gasteiger partial charge in [0.2, 0.25) is 0 Å². The molecular formula is C26H23BrN2O7. The molecule has 0 radical (unpaired) electrons. The Morgan fingerprint density at radius 2 is 1.89 bits per heavy atom. The van der Waals surface area contributed by atoms with Gasteiger partial charge >= 0.3 is 17.9 Å². The number of halogens is 1. The zero-order chi connectivity index (χ0) is 26.1. The minimum atomic E-state index is -1.39. The Morgan fingerprint density at radius 1 is 1.08 bits per heavy atom. The van der Waals surface area contributed by atoms with Crippen LogP contribution in [0.1, 0.15) is 35.7 Å². The number of hydrogen-bond donors (Lipinski definition) is 2. The molecule has 3 aromatic rings. The molecule has 36 heavy (non-hydrogen) atoms. The molecule has 0 unspecified atom stereocenters. The zero-order valence-electron chi connectivity index (χ0n) is 19.3. The van der Waals surface area contributed by atoms with Crippen LogP contribution in [0.2, 0.25) is 0 Å². The summed E-state index contributed by atoms with van der Waals surface area (Å²) in [5, 5.41) is 18.5. The summed E-state index contributed by atoms with van der Waals surface area (Å²) < 4.78 is 12.1. The maximum absolute atomic E-state index is 11.6. The normalized spacial score (nSPS) is 11.1. The molecule has 0 amide bonds. The lowest BCUT2D eigenvalue weighted by Crippen LogP contribution is -2.08. The molecule has 0 saturated carbocycles. The van der Waals surface area contributed by atoms with Crippen molar-refractivity contribution < 1.29 is 34.1 Å². The molecule has 2 N–H and O–H groups in total. The minimum absolute atomic E-state index is 0.115. The SMILES string of the molecule is CC(=O)Oc1cnccc1CCCOc1cc(/C(=C/C(=O)O)C(=O)O)cnc1Cc1cccc(Br)c1. The fourth-order valence-corrected chi connectivity index (χ4v) is 3.86. The number of aliphatic carboxylic acids is 2. The largest absolute Gasteiger partial charge is 0.492 e. The van der Waals surface area contributed by atoms with E-state index in [-0.39, 0.29) is 12.2 Å². The molecule has 10 heteroatoms. The molecule has 0 atom stereocenters. The highest BCUT2D eigenvalue weighted by atomic mass is 79.9. The molecule has 186 valence electrons. The van der Waals surface area contributed by atoms with Crippen molar-refractivity contribution in [2.75, 3.05) is 6.61 Å². The first-order valence-electron chi connectivity index (χ1n) is 10.9. The number of esters is 1. The molecular weight excluding hydrogens is 532 g/mol. The Labute approximate surface area is 215 Å². The molecule has 0 bridgehead atoms. The topological polar surface area (TPSA) is 136 Å². The summed E-state index contributed by atoms with van der Waals surface area (Å²) in [4.78, 5) is 42.5. The molecule has 0 spiro atoms. The number of hydrogen-bond acceptors (Lipinski definition) is 7. The number of aryl methyl sites for hydroxylation is 1. The van der Waals surface area contributed by atoms with Crippen molar-refractivity contribution in [2.45, 2.75) is 26.2 Å². The summed E-state index contributed by atoms with van der Waals surface area (Å²) in [5.74, 6) is -2.48. The van der Waals surface area contributed by atoms with Crippen molar-refractivity contribution >= 4 is 39.4 Å². The van der Waals surface area contributed by atoms with Crippen molar-refractivity contribution in [1.82, 2.24) is 9.97 Å². The number of ether oxygens (including phenoxy) is 2. The van der Waals surface area contributed by atoms with E-state index in [0.29, 0.717) is 42.5 Å². The van der Waals surface area contributed by atoms with E-state index in [0.717, 1.165) is 15.6 Å². The van der Waals surface area contributed by atoms with Gasteiger partial charge in [0.25, 0.3) is 0 Å². The van der Waals surface area contributed by atoms with E-state index >= 15 is 0 Å². The number of carbonyl (C=O) groups is 3. The van der Waals surface area contributed by atoms with E-state index in [4.69, 9.17) is 14.6 Å². The van der Waals surface area contributed by atoms with Gasteiger partial charge in [0.15, 0.2) is 5.75 Å². The third-order valence-corrected chi connectivity index (χ3v) is 5.47. The van der Waals surface area contributed by atoms with Crippen molar-refractivity contribution in [1.29, 1.82) is 0 Å². The number of pyridine rings is 2. The lowest BCUT2D eigenvalue weighted by atomic mass is 10.0. The van der Waals surface area contributed by atoms with Crippen molar-refractivity contribution in [3.05, 3.63) is 87.9 Å². The number of carboxylic acid groups (broad SMARTS) is 2. The Kier molecular flexibility index (Phi) is 9.29. The lowest BCUT2D eigenvalue weighted by molar-refractivity contribution is -0.133. The van der Waals surface area contributed by atoms with Gasteiger partial charge < -0.3 is 19.7 Å². The quantitative estimate of drug-likeness (QED) is 0.201. The Morgan fingerprint density at radius 3 is 2.58 bits per heavy atom. The number of carbonyl (C=O) groups excluding carboxylic acids is 1. The molecule has 3 rings (SSSR count). The molecule has 0 saturated heterocycles. The van der Waals surface area contributed by atoms with E-state index < -0.39 is 23.5 Å². The van der Waals surface area contributed by atoms with E-state index in [1.807, 2.05) is 24.3 Å². The summed E-state index contributed by atoms with van der Waals surface area (Å²) in [6.45, 7) is 1.57. The fraction of sp³-hybridized carbons (Fsp3) is 0.192. The van der Waals surface area contributed by atoms with Crippen LogP contribution >= 0.6 is 15.9 Å². The van der Waals surface area contributed by atoms with Crippen LogP contribution < -0.4 is 9.47 Å². The second-order valence-corrected chi connectivity index (χ2v) is 8.62. The lowest BCUT2D eigenvalue weighted by Gasteiger charge is -2.14. The standard InChI is InChI=1S/C26H23BrN2O7/c1-16(30)36-24-15-28-8-7-18(24)5-3-9-35-23-12-19(21(26(33)34)13-25(31)32)14-29-22(23)11-17-4-2-6-20(27)10-17/h2,4,6-8,10,12-15H,3,5,9,11H2,1H3,(H,31,32)(H,33,34)/b21-13-. The molecule has 0 aliphatic heterocycles. The highest BCUT2D eigenvalue weighted by Gasteiger charge is 2.17. The Balaban J connectivity index is 1.82. The monoisotopic (exact) mass is 554 g/mol. The van der Waals surface area contributed by atoms with Gasteiger partial charge in [0, 0.05) is 41.9 Å². The maximum Gasteiger partial charge on any atom is 0.336 e. The Hall–Kier alpha value is -4.05. The third kappa shape index (κ3) is 7.74. The van der Waals surface area contributed by atoms with Gasteiger partial charge in [-0.2, -0.15) is 0 Å². The van der Waals surface area contributed by atoms with Gasteiger partial charge in [-0.05, 0) is 48.2 Å². The molecule has 0 aliphatic rings. The maximum atomic E-state index is 11.6. The molecule has 9 nitrogen and oxygen atoms in total. The summed E-state index contributed by atoms with van der Waals surface area (Å²) in [5.41, 5.74) is 2.03. The van der Waals surface area contributed by atoms with Gasteiger partial charge in [0.05, 0.1) is 24.1 Å². The number of nitrogens with zero attached hydrogens (tertiary/aromatic N) is 2. The molecule has 0 aliphatic carbocycles. The predicted octanol–water partition coefficient (Wildman–Crippen LogP) is 4.32. The Bertz CT molecular complexity index is 1310. The van der Waals surface area contributed by atoms with Crippen LogP contribution in [-0.2, 0) is 27.2 Å². The summed E-state index contributed by atoms with van der Waals surface area (Å²) in [7, 11) is 0. The van der Waals surface area contributed by atoms with Crippen molar-refractivity contribution in [3.63, 3.8) is 0 Å². The van der Waals surface area contributed by atoms with E-state index in [2.05, 4.69) is 25.9 Å². The predicted molar refractivity (Wildman–Crippen MR) is 134 cm³/mol.